The Morgan fingerprint density at radius 2 is 2.13 bits per heavy atom. The van der Waals surface area contributed by atoms with Crippen LogP contribution in [0.1, 0.15) is 5.69 Å². The Hall–Kier alpha value is -1.47. The van der Waals surface area contributed by atoms with Crippen molar-refractivity contribution in [2.75, 3.05) is 0 Å². The van der Waals surface area contributed by atoms with Gasteiger partial charge >= 0.3 is 0 Å². The second kappa shape index (κ2) is 3.01. The molecule has 15 heavy (non-hydrogen) atoms. The van der Waals surface area contributed by atoms with Crippen LogP contribution in [0, 0.1) is 6.92 Å². The Labute approximate surface area is 86.8 Å². The van der Waals surface area contributed by atoms with E-state index in [1.54, 1.807) is 18.7 Å². The standard InChI is InChI=1S/C8H10N4O2S/c1-5-7-3-6(15(9,13)14)4-10-8(7)12(2)11-5/h3-4H,1-2H3,(H2,9,13,14). The molecule has 2 rings (SSSR count). The third kappa shape index (κ3) is 1.59. The molecule has 0 aromatic carbocycles. The van der Waals surface area contributed by atoms with Gasteiger partial charge < -0.3 is 0 Å². The number of rotatable bonds is 1. The van der Waals surface area contributed by atoms with Crippen molar-refractivity contribution in [3.63, 3.8) is 0 Å². The number of nitrogens with zero attached hydrogens (tertiary/aromatic N) is 3. The van der Waals surface area contributed by atoms with Gasteiger partial charge in [0.05, 0.1) is 5.69 Å². The lowest BCUT2D eigenvalue weighted by Crippen LogP contribution is -2.12. The highest BCUT2D eigenvalue weighted by atomic mass is 32.2. The topological polar surface area (TPSA) is 90.9 Å². The van der Waals surface area contributed by atoms with Crippen molar-refractivity contribution in [3.05, 3.63) is 18.0 Å². The number of aryl methyl sites for hydroxylation is 2. The molecule has 0 unspecified atom stereocenters. The third-order valence-corrected chi connectivity index (χ3v) is 3.05. The average molecular weight is 226 g/mol. The third-order valence-electron chi connectivity index (χ3n) is 2.17. The van der Waals surface area contributed by atoms with Gasteiger partial charge in [0.25, 0.3) is 0 Å². The summed E-state index contributed by atoms with van der Waals surface area (Å²) in [6.45, 7) is 1.79. The number of sulfonamides is 1. The number of aromatic nitrogens is 3. The molecule has 0 atom stereocenters. The summed E-state index contributed by atoms with van der Waals surface area (Å²) in [4.78, 5) is 4.01. The second-order valence-electron chi connectivity index (χ2n) is 3.30. The molecule has 0 radical (unpaired) electrons. The van der Waals surface area contributed by atoms with E-state index in [4.69, 9.17) is 5.14 Å². The number of hydrogen-bond acceptors (Lipinski definition) is 4. The monoisotopic (exact) mass is 226 g/mol. The molecule has 0 aliphatic rings. The van der Waals surface area contributed by atoms with Gasteiger partial charge in [0.2, 0.25) is 10.0 Å². The lowest BCUT2D eigenvalue weighted by atomic mass is 10.3. The minimum atomic E-state index is -3.70. The SMILES string of the molecule is Cc1nn(C)c2ncc(S(N)(=O)=O)cc12. The predicted molar refractivity (Wildman–Crippen MR) is 54.6 cm³/mol. The molecule has 80 valence electrons. The van der Waals surface area contributed by atoms with E-state index in [1.165, 1.54) is 12.3 Å². The molecule has 0 saturated carbocycles. The van der Waals surface area contributed by atoms with E-state index in [-0.39, 0.29) is 4.90 Å². The Balaban J connectivity index is 2.82. The smallest absolute Gasteiger partial charge is 0.239 e. The molecule has 2 aromatic heterocycles. The number of fused-ring (bicyclic) bond motifs is 1. The minimum Gasteiger partial charge on any atom is -0.250 e. The Morgan fingerprint density at radius 1 is 1.47 bits per heavy atom. The maximum absolute atomic E-state index is 11.1. The van der Waals surface area contributed by atoms with Crippen LogP contribution >= 0.6 is 0 Å². The van der Waals surface area contributed by atoms with E-state index < -0.39 is 10.0 Å². The van der Waals surface area contributed by atoms with Crippen molar-refractivity contribution in [2.24, 2.45) is 12.2 Å². The van der Waals surface area contributed by atoms with Crippen molar-refractivity contribution in [1.29, 1.82) is 0 Å². The van der Waals surface area contributed by atoms with E-state index >= 15 is 0 Å². The highest BCUT2D eigenvalue weighted by Crippen LogP contribution is 2.18. The van der Waals surface area contributed by atoms with E-state index in [0.29, 0.717) is 11.0 Å². The minimum absolute atomic E-state index is 0.00565. The van der Waals surface area contributed by atoms with E-state index in [0.717, 1.165) is 5.69 Å². The maximum Gasteiger partial charge on any atom is 0.239 e. The Kier molecular flexibility index (Phi) is 2.02. The van der Waals surface area contributed by atoms with Crippen LogP contribution in [0.15, 0.2) is 17.2 Å². The summed E-state index contributed by atoms with van der Waals surface area (Å²) < 4.78 is 23.8. The molecule has 0 bridgehead atoms. The molecule has 2 heterocycles. The second-order valence-corrected chi connectivity index (χ2v) is 4.86. The van der Waals surface area contributed by atoms with Crippen LogP contribution < -0.4 is 5.14 Å². The van der Waals surface area contributed by atoms with Gasteiger partial charge in [-0.3, -0.25) is 4.68 Å². The van der Waals surface area contributed by atoms with Crippen molar-refractivity contribution in [2.45, 2.75) is 11.8 Å². The normalized spacial score (nSPS) is 12.2. The lowest BCUT2D eigenvalue weighted by molar-refractivity contribution is 0.597. The first kappa shape index (κ1) is 10.1. The first-order valence-corrected chi connectivity index (χ1v) is 5.76. The highest BCUT2D eigenvalue weighted by Gasteiger charge is 2.12. The van der Waals surface area contributed by atoms with E-state index in [9.17, 15) is 8.42 Å². The molecule has 0 spiro atoms. The van der Waals surface area contributed by atoms with Crippen molar-refractivity contribution >= 4 is 21.1 Å². The first-order valence-electron chi connectivity index (χ1n) is 4.22. The summed E-state index contributed by atoms with van der Waals surface area (Å²) in [6, 6.07) is 1.49. The summed E-state index contributed by atoms with van der Waals surface area (Å²) in [6.07, 6.45) is 1.23. The molecular weight excluding hydrogens is 216 g/mol. The van der Waals surface area contributed by atoms with Crippen LogP contribution in [-0.4, -0.2) is 23.2 Å². The quantitative estimate of drug-likeness (QED) is 0.736. The first-order chi connectivity index (χ1) is 6.89. The van der Waals surface area contributed by atoms with Crippen LogP contribution in [0.25, 0.3) is 11.0 Å². The molecule has 0 saturated heterocycles. The molecule has 0 amide bonds. The van der Waals surface area contributed by atoms with Crippen LogP contribution in [0.2, 0.25) is 0 Å². The molecule has 7 heteroatoms. The molecule has 6 nitrogen and oxygen atoms in total. The highest BCUT2D eigenvalue weighted by molar-refractivity contribution is 7.89. The molecule has 0 aliphatic heterocycles. The van der Waals surface area contributed by atoms with Gasteiger partial charge in [0.15, 0.2) is 5.65 Å². The largest absolute Gasteiger partial charge is 0.250 e. The van der Waals surface area contributed by atoms with Crippen molar-refractivity contribution in [1.82, 2.24) is 14.8 Å². The van der Waals surface area contributed by atoms with Gasteiger partial charge in [-0.1, -0.05) is 0 Å². The molecular formula is C8H10N4O2S. The number of hydrogen-bond donors (Lipinski definition) is 1. The molecule has 2 aromatic rings. The molecule has 0 aliphatic carbocycles. The average Bonchev–Trinajstić information content (AvgIpc) is 2.41. The summed E-state index contributed by atoms with van der Waals surface area (Å²) in [5.41, 5.74) is 1.37. The van der Waals surface area contributed by atoms with Crippen molar-refractivity contribution in [3.8, 4) is 0 Å². The van der Waals surface area contributed by atoms with Gasteiger partial charge in [-0.2, -0.15) is 5.10 Å². The predicted octanol–water partition coefficient (Wildman–Crippen LogP) is -0.0759. The zero-order valence-corrected chi connectivity index (χ0v) is 9.11. The number of nitrogens with two attached hydrogens (primary N) is 1. The summed E-state index contributed by atoms with van der Waals surface area (Å²) in [5, 5.41) is 9.84. The number of pyridine rings is 1. The van der Waals surface area contributed by atoms with Gasteiger partial charge in [0.1, 0.15) is 4.90 Å². The van der Waals surface area contributed by atoms with Crippen LogP contribution in [0.4, 0.5) is 0 Å². The van der Waals surface area contributed by atoms with Crippen LogP contribution in [0.3, 0.4) is 0 Å². The van der Waals surface area contributed by atoms with Gasteiger partial charge in [-0.25, -0.2) is 18.5 Å². The van der Waals surface area contributed by atoms with Crippen LogP contribution in [0.5, 0.6) is 0 Å². The van der Waals surface area contributed by atoms with E-state index in [1.807, 2.05) is 0 Å². The lowest BCUT2D eigenvalue weighted by Gasteiger charge is -1.97. The zero-order chi connectivity index (χ0) is 11.2. The van der Waals surface area contributed by atoms with E-state index in [2.05, 4.69) is 10.1 Å². The van der Waals surface area contributed by atoms with Crippen LogP contribution in [-0.2, 0) is 17.1 Å². The number of primary sulfonamides is 1. The maximum atomic E-state index is 11.1. The Morgan fingerprint density at radius 3 is 2.73 bits per heavy atom. The fourth-order valence-electron chi connectivity index (χ4n) is 1.44. The Bertz CT molecular complexity index is 629. The summed E-state index contributed by atoms with van der Waals surface area (Å²) >= 11 is 0. The fourth-order valence-corrected chi connectivity index (χ4v) is 1.93. The van der Waals surface area contributed by atoms with Gasteiger partial charge in [0, 0.05) is 18.6 Å². The zero-order valence-electron chi connectivity index (χ0n) is 8.30. The van der Waals surface area contributed by atoms with Gasteiger partial charge in [-0.05, 0) is 13.0 Å². The fraction of sp³-hybridized carbons (Fsp3) is 0.250. The molecule has 0 fully saturated rings. The summed E-state index contributed by atoms with van der Waals surface area (Å²) in [7, 11) is -1.95. The van der Waals surface area contributed by atoms with Gasteiger partial charge in [-0.15, -0.1) is 0 Å². The molecule has 2 N–H and O–H groups in total. The summed E-state index contributed by atoms with van der Waals surface area (Å²) in [5.74, 6) is 0. The van der Waals surface area contributed by atoms with Crippen molar-refractivity contribution < 1.29 is 8.42 Å².